The number of carboxylic acids is 4. The van der Waals surface area contributed by atoms with Crippen LogP contribution in [0, 0.1) is 10.1 Å². The number of carbonyl (C=O) groups excluding carboxylic acids is 1. The molecule has 0 saturated heterocycles. The molecule has 1 radical (unpaired) electrons. The van der Waals surface area contributed by atoms with Crippen LogP contribution in [0.15, 0.2) is 77.2 Å². The molecule has 0 bridgehead atoms. The minimum absolute atomic E-state index is 0. The Hall–Kier alpha value is -5.73. The van der Waals surface area contributed by atoms with Crippen LogP contribution in [0.3, 0.4) is 0 Å². The zero-order valence-electron chi connectivity index (χ0n) is 32.3. The number of benzene rings is 4. The summed E-state index contributed by atoms with van der Waals surface area (Å²) in [5.41, 5.74) is 3.15. The molecule has 2 aliphatic rings. The summed E-state index contributed by atoms with van der Waals surface area (Å²) in [6.45, 7) is -3.66. The molecule has 19 heteroatoms. The van der Waals surface area contributed by atoms with Crippen molar-refractivity contribution >= 4 is 109 Å². The second kappa shape index (κ2) is 19.6. The van der Waals surface area contributed by atoms with E-state index in [1.807, 2.05) is 74.1 Å². The van der Waals surface area contributed by atoms with Gasteiger partial charge in [-0.15, -0.1) is 0 Å². The molecule has 0 amide bonds. The molecule has 3 aromatic rings. The molecule has 0 unspecified atom stereocenters. The first kappa shape index (κ1) is 45.0. The van der Waals surface area contributed by atoms with Gasteiger partial charge in [0.25, 0.3) is 5.69 Å². The fourth-order valence-electron chi connectivity index (χ4n) is 6.18. The average Bonchev–Trinajstić information content (AvgIpc) is 3.13. The van der Waals surface area contributed by atoms with E-state index in [2.05, 4.69) is 0 Å². The Morgan fingerprint density at radius 3 is 1.84 bits per heavy atom. The monoisotopic (exact) mass is 824 g/mol. The molecular weight excluding hydrogens is 786 g/mol. The van der Waals surface area contributed by atoms with E-state index in [0.717, 1.165) is 49.5 Å². The third-order valence-corrected chi connectivity index (χ3v) is 8.70. The van der Waals surface area contributed by atoms with Gasteiger partial charge in [0.05, 0.1) is 40.9 Å². The smallest absolute Gasteiger partial charge is 0.323 e. The molecule has 299 valence electrons. The van der Waals surface area contributed by atoms with Gasteiger partial charge in [-0.2, -0.15) is 0 Å². The Bertz CT molecular complexity index is 2380. The molecule has 0 spiro atoms. The number of ether oxygens (including phenoxy) is 2. The Kier molecular flexibility index (Phi) is 15.2. The van der Waals surface area contributed by atoms with E-state index < -0.39 is 60.7 Å². The molecule has 18 nitrogen and oxygen atoms in total. The van der Waals surface area contributed by atoms with Crippen molar-refractivity contribution in [1.82, 2.24) is 4.58 Å². The standard InChI is InChI=1S/C39H39N5O13.K/c1-40(2)24-6-9-27-31(16-24)57-32-17-25(41(3)4)7-10-28(32)39(27)23-5-11-29(42(19-35(45)46)20-36(47)48)33(15-23)55-13-14-56-34-18-26(44(53)54)8-12-30(34)43(21-37(49)50)22-38(51)52;/h5-12,15-18H,13-14,19-22H2,1-4H3,(H3-,45,46,47,48,49,50,51,52);. The van der Waals surface area contributed by atoms with Crippen LogP contribution in [0.2, 0.25) is 0 Å². The molecule has 58 heavy (non-hydrogen) atoms. The van der Waals surface area contributed by atoms with Crippen molar-refractivity contribution in [1.29, 1.82) is 0 Å². The first-order valence-electron chi connectivity index (χ1n) is 17.2. The molecule has 0 fully saturated rings. The maximum Gasteiger partial charge on any atom is 0.323 e. The fraction of sp³-hybridized carbons (Fsp3) is 0.256. The van der Waals surface area contributed by atoms with Crippen LogP contribution in [0.1, 0.15) is 0 Å². The minimum Gasteiger partial charge on any atom is -0.548 e. The summed E-state index contributed by atoms with van der Waals surface area (Å²) < 4.78 is 20.3. The molecule has 0 aromatic heterocycles. The van der Waals surface area contributed by atoms with Crippen molar-refractivity contribution in [2.24, 2.45) is 0 Å². The predicted octanol–water partition coefficient (Wildman–Crippen LogP) is 1.90. The van der Waals surface area contributed by atoms with Crippen molar-refractivity contribution in [3.63, 3.8) is 0 Å². The average molecular weight is 825 g/mol. The molecule has 3 N–H and O–H groups in total. The Morgan fingerprint density at radius 2 is 1.31 bits per heavy atom. The van der Waals surface area contributed by atoms with Gasteiger partial charge in [0.2, 0.25) is 5.36 Å². The molecular formula is C39H39KN5O13. The second-order valence-electron chi connectivity index (χ2n) is 13.2. The molecule has 3 aromatic carbocycles. The molecule has 0 atom stereocenters. The van der Waals surface area contributed by atoms with Gasteiger partial charge in [-0.3, -0.25) is 24.5 Å². The Balaban J connectivity index is 0.00000744. The summed E-state index contributed by atoms with van der Waals surface area (Å²) in [6, 6.07) is 19.6. The van der Waals surface area contributed by atoms with Crippen molar-refractivity contribution in [2.45, 2.75) is 0 Å². The van der Waals surface area contributed by atoms with E-state index in [-0.39, 0.29) is 87.5 Å². The maximum atomic E-state index is 11.9. The van der Waals surface area contributed by atoms with Crippen LogP contribution < -0.4 is 39.2 Å². The van der Waals surface area contributed by atoms with Crippen LogP contribution in [0.4, 0.5) is 22.7 Å². The van der Waals surface area contributed by atoms with Crippen LogP contribution in [0.5, 0.6) is 11.5 Å². The summed E-state index contributed by atoms with van der Waals surface area (Å²) in [5, 5.41) is 53.4. The van der Waals surface area contributed by atoms with Crippen molar-refractivity contribution in [2.75, 3.05) is 82.3 Å². The van der Waals surface area contributed by atoms with Gasteiger partial charge in [0.15, 0.2) is 0 Å². The number of nitrogens with zero attached hydrogens (tertiary/aromatic N) is 5. The van der Waals surface area contributed by atoms with Gasteiger partial charge < -0.3 is 53.8 Å². The number of fused-ring (bicyclic) bond motifs is 2. The summed E-state index contributed by atoms with van der Waals surface area (Å²) in [6.07, 6.45) is 0. The topological polar surface area (TPSA) is 240 Å². The number of aliphatic carboxylic acids is 4. The Labute approximate surface area is 373 Å². The minimum atomic E-state index is -1.55. The summed E-state index contributed by atoms with van der Waals surface area (Å²) in [5.74, 6) is -5.17. The number of nitro groups is 1. The molecule has 1 aliphatic carbocycles. The summed E-state index contributed by atoms with van der Waals surface area (Å²) in [7, 11) is 7.60. The van der Waals surface area contributed by atoms with Crippen molar-refractivity contribution < 1.29 is 58.4 Å². The van der Waals surface area contributed by atoms with Crippen LogP contribution in [0.25, 0.3) is 33.4 Å². The van der Waals surface area contributed by atoms with Crippen LogP contribution in [-0.4, -0.2) is 163 Å². The van der Waals surface area contributed by atoms with Crippen molar-refractivity contribution in [3.8, 4) is 33.9 Å². The summed E-state index contributed by atoms with van der Waals surface area (Å²) >= 11 is 0. The maximum absolute atomic E-state index is 11.9. The molecule has 1 aliphatic heterocycles. The molecule has 1 heterocycles. The van der Waals surface area contributed by atoms with E-state index >= 15 is 0 Å². The number of rotatable bonds is 18. The largest absolute Gasteiger partial charge is 0.548 e. The quantitative estimate of drug-likeness (QED) is 0.0286. The van der Waals surface area contributed by atoms with E-state index in [0.29, 0.717) is 16.9 Å². The van der Waals surface area contributed by atoms with Gasteiger partial charge in [-0.1, -0.05) is 6.07 Å². The van der Waals surface area contributed by atoms with Gasteiger partial charge in [0.1, 0.15) is 69.8 Å². The van der Waals surface area contributed by atoms with Crippen LogP contribution in [-0.2, 0) is 19.2 Å². The van der Waals surface area contributed by atoms with E-state index in [1.165, 1.54) is 12.1 Å². The molecule has 5 rings (SSSR count). The van der Waals surface area contributed by atoms with E-state index in [9.17, 15) is 49.7 Å². The first-order chi connectivity index (χ1) is 27.0. The van der Waals surface area contributed by atoms with Gasteiger partial charge in [-0.05, 0) is 42.0 Å². The number of hydrogen-bond acceptors (Lipinski definition) is 13. The SMILES string of the molecule is CN(C)c1ccc2c(-c3ccc(N(CC(=O)[O-])CC(=O)O)c(OCCOc4cc([N+](=O)[O-])ccc4N(CC(=O)O)CC(=O)O)c3)c3ccc(=[N+](C)C)cc-3oc2c1.[K]. The zero-order chi connectivity index (χ0) is 41.6. The van der Waals surface area contributed by atoms with Gasteiger partial charge in [0, 0.05) is 106 Å². The summed E-state index contributed by atoms with van der Waals surface area (Å²) in [4.78, 5) is 61.6. The number of carboxylic acid groups (broad SMARTS) is 4. The van der Waals surface area contributed by atoms with E-state index in [1.54, 1.807) is 12.1 Å². The first-order valence-corrected chi connectivity index (χ1v) is 17.2. The fourth-order valence-corrected chi connectivity index (χ4v) is 6.18. The number of nitro benzene ring substituents is 1. The molecule has 0 saturated carbocycles. The second-order valence-corrected chi connectivity index (χ2v) is 13.2. The number of non-ortho nitro benzene ring substituents is 1. The van der Waals surface area contributed by atoms with Gasteiger partial charge in [-0.25, -0.2) is 4.58 Å². The predicted molar refractivity (Wildman–Crippen MR) is 212 cm³/mol. The number of anilines is 3. The van der Waals surface area contributed by atoms with E-state index in [4.69, 9.17) is 13.9 Å². The normalized spacial score (nSPS) is 10.7. The number of hydrogen-bond donors (Lipinski definition) is 3. The van der Waals surface area contributed by atoms with Crippen molar-refractivity contribution in [3.05, 3.63) is 88.3 Å². The Morgan fingerprint density at radius 1 is 0.741 bits per heavy atom. The third-order valence-electron chi connectivity index (χ3n) is 8.70. The third kappa shape index (κ3) is 11.0. The number of carbonyl (C=O) groups is 4. The van der Waals surface area contributed by atoms with Crippen LogP contribution >= 0.6 is 0 Å². The van der Waals surface area contributed by atoms with Gasteiger partial charge >= 0.3 is 17.9 Å². The zero-order valence-corrected chi connectivity index (χ0v) is 35.5.